The highest BCUT2D eigenvalue weighted by atomic mass is 19.4. The Hall–Kier alpha value is -4.01. The normalized spacial score (nSPS) is 14.1. The third-order valence-corrected chi connectivity index (χ3v) is 6.31. The second kappa shape index (κ2) is 10.3. The van der Waals surface area contributed by atoms with Gasteiger partial charge in [-0.25, -0.2) is 4.79 Å². The number of primary amides is 1. The number of phenolic OH excluding ortho intramolecular Hbond substituents is 1. The minimum Gasteiger partial charge on any atom is -0.508 e. The first kappa shape index (κ1) is 25.1. The molecule has 1 aliphatic rings. The molecular weight excluding hydrogens is 471 g/mol. The number of amides is 3. The fraction of sp³-hybridized carbons (Fsp3) is 0.259. The summed E-state index contributed by atoms with van der Waals surface area (Å²) in [4.78, 5) is 26.1. The van der Waals surface area contributed by atoms with Crippen LogP contribution in [0.5, 0.6) is 5.75 Å². The molecule has 0 saturated heterocycles. The van der Waals surface area contributed by atoms with Crippen LogP contribution in [0.25, 0.3) is 11.1 Å². The SMILES string of the molecule is NC(=O)CC[C@H](NC(=O)N1CCc2c(cc(O)cc2-c2ccc(C(F)(F)F)cc2)C1)c1ccccc1. The molecule has 0 radical (unpaired) electrons. The van der Waals surface area contributed by atoms with E-state index in [1.807, 2.05) is 30.3 Å². The van der Waals surface area contributed by atoms with Crippen LogP contribution in [0.2, 0.25) is 0 Å². The lowest BCUT2D eigenvalue weighted by atomic mass is 9.90. The summed E-state index contributed by atoms with van der Waals surface area (Å²) in [5, 5.41) is 13.3. The predicted octanol–water partition coefficient (Wildman–Crippen LogP) is 5.15. The van der Waals surface area contributed by atoms with Gasteiger partial charge >= 0.3 is 12.2 Å². The molecular formula is C27H26F3N3O3. The summed E-state index contributed by atoms with van der Waals surface area (Å²) in [6.07, 6.45) is -3.49. The minimum atomic E-state index is -4.43. The summed E-state index contributed by atoms with van der Waals surface area (Å²) in [6, 6.07) is 16.5. The van der Waals surface area contributed by atoms with Crippen molar-refractivity contribution in [2.75, 3.05) is 6.54 Å². The third-order valence-electron chi connectivity index (χ3n) is 6.31. The first-order chi connectivity index (χ1) is 17.1. The van der Waals surface area contributed by atoms with Gasteiger partial charge in [-0.05, 0) is 64.9 Å². The first-order valence-electron chi connectivity index (χ1n) is 11.5. The Morgan fingerprint density at radius 2 is 1.75 bits per heavy atom. The number of carbonyl (C=O) groups excluding carboxylic acids is 2. The quantitative estimate of drug-likeness (QED) is 0.439. The van der Waals surface area contributed by atoms with E-state index in [0.717, 1.165) is 28.8 Å². The lowest BCUT2D eigenvalue weighted by Gasteiger charge is -2.32. The largest absolute Gasteiger partial charge is 0.508 e. The average molecular weight is 498 g/mol. The van der Waals surface area contributed by atoms with Crippen LogP contribution in [0, 0.1) is 0 Å². The predicted molar refractivity (Wildman–Crippen MR) is 129 cm³/mol. The van der Waals surface area contributed by atoms with Gasteiger partial charge in [-0.1, -0.05) is 42.5 Å². The molecule has 0 bridgehead atoms. The highest BCUT2D eigenvalue weighted by Gasteiger charge is 2.30. The molecule has 1 heterocycles. The highest BCUT2D eigenvalue weighted by molar-refractivity contribution is 5.77. The summed E-state index contributed by atoms with van der Waals surface area (Å²) in [7, 11) is 0. The maximum atomic E-state index is 13.1. The van der Waals surface area contributed by atoms with Crippen molar-refractivity contribution in [3.8, 4) is 16.9 Å². The highest BCUT2D eigenvalue weighted by Crippen LogP contribution is 2.36. The number of hydrogen-bond acceptors (Lipinski definition) is 3. The molecule has 3 amide bonds. The Balaban J connectivity index is 1.54. The molecule has 4 rings (SSSR count). The number of benzene rings is 3. The number of urea groups is 1. The molecule has 9 heteroatoms. The number of phenols is 1. The zero-order valence-electron chi connectivity index (χ0n) is 19.4. The molecule has 3 aromatic carbocycles. The van der Waals surface area contributed by atoms with Crippen molar-refractivity contribution in [1.82, 2.24) is 10.2 Å². The van der Waals surface area contributed by atoms with Crippen LogP contribution < -0.4 is 11.1 Å². The van der Waals surface area contributed by atoms with Crippen molar-refractivity contribution >= 4 is 11.9 Å². The topological polar surface area (TPSA) is 95.7 Å². The molecule has 0 aliphatic carbocycles. The van der Waals surface area contributed by atoms with Gasteiger partial charge in [0.15, 0.2) is 0 Å². The third kappa shape index (κ3) is 5.79. The number of alkyl halides is 3. The average Bonchev–Trinajstić information content (AvgIpc) is 2.85. The van der Waals surface area contributed by atoms with Crippen LogP contribution >= 0.6 is 0 Å². The van der Waals surface area contributed by atoms with Crippen molar-refractivity contribution in [3.63, 3.8) is 0 Å². The molecule has 36 heavy (non-hydrogen) atoms. The number of nitrogens with one attached hydrogen (secondary N) is 1. The Morgan fingerprint density at radius 3 is 2.39 bits per heavy atom. The lowest BCUT2D eigenvalue weighted by Crippen LogP contribution is -2.44. The minimum absolute atomic E-state index is 0.0328. The van der Waals surface area contributed by atoms with E-state index in [2.05, 4.69) is 5.32 Å². The standard InChI is InChI=1S/C27H26F3N3O3/c28-27(29,30)20-8-6-17(7-9-20)23-15-21(34)14-19-16-33(13-12-22(19)23)26(36)32-24(10-11-25(31)35)18-4-2-1-3-5-18/h1-9,14-15,24,34H,10-13,16H2,(H2,31,35)(H,32,36)/t24-/m0/s1. The molecule has 1 atom stereocenters. The van der Waals surface area contributed by atoms with Gasteiger partial charge in [0.2, 0.25) is 5.91 Å². The van der Waals surface area contributed by atoms with Crippen molar-refractivity contribution < 1.29 is 27.9 Å². The molecule has 0 aromatic heterocycles. The Bertz CT molecular complexity index is 1240. The Morgan fingerprint density at radius 1 is 1.06 bits per heavy atom. The van der Waals surface area contributed by atoms with E-state index in [-0.39, 0.29) is 24.7 Å². The van der Waals surface area contributed by atoms with Crippen LogP contribution in [-0.4, -0.2) is 28.5 Å². The lowest BCUT2D eigenvalue weighted by molar-refractivity contribution is -0.137. The molecule has 4 N–H and O–H groups in total. The molecule has 0 fully saturated rings. The smallest absolute Gasteiger partial charge is 0.416 e. The molecule has 0 spiro atoms. The van der Waals surface area contributed by atoms with Gasteiger partial charge in [0, 0.05) is 19.5 Å². The van der Waals surface area contributed by atoms with Gasteiger partial charge in [-0.3, -0.25) is 4.79 Å². The van der Waals surface area contributed by atoms with Gasteiger partial charge in [-0.2, -0.15) is 13.2 Å². The van der Waals surface area contributed by atoms with Crippen LogP contribution in [0.15, 0.2) is 66.7 Å². The number of rotatable bonds is 6. The van der Waals surface area contributed by atoms with Gasteiger partial charge in [0.05, 0.1) is 11.6 Å². The fourth-order valence-electron chi connectivity index (χ4n) is 4.49. The van der Waals surface area contributed by atoms with Crippen LogP contribution in [0.4, 0.5) is 18.0 Å². The number of halogens is 3. The van der Waals surface area contributed by atoms with E-state index in [9.17, 15) is 27.9 Å². The van der Waals surface area contributed by atoms with E-state index >= 15 is 0 Å². The molecule has 3 aromatic rings. The van der Waals surface area contributed by atoms with E-state index in [0.29, 0.717) is 30.5 Å². The molecule has 0 saturated carbocycles. The zero-order valence-corrected chi connectivity index (χ0v) is 19.4. The van der Waals surface area contributed by atoms with Gasteiger partial charge < -0.3 is 21.1 Å². The molecule has 1 aliphatic heterocycles. The monoisotopic (exact) mass is 497 g/mol. The van der Waals surface area contributed by atoms with Crippen LogP contribution in [-0.2, 0) is 23.9 Å². The van der Waals surface area contributed by atoms with Crippen molar-refractivity contribution in [3.05, 3.63) is 89.0 Å². The number of hydrogen-bond donors (Lipinski definition) is 3. The number of nitrogens with two attached hydrogens (primary N) is 1. The molecule has 0 unspecified atom stereocenters. The number of fused-ring (bicyclic) bond motifs is 1. The van der Waals surface area contributed by atoms with E-state index in [4.69, 9.17) is 5.73 Å². The fourth-order valence-corrected chi connectivity index (χ4v) is 4.49. The summed E-state index contributed by atoms with van der Waals surface area (Å²) >= 11 is 0. The summed E-state index contributed by atoms with van der Waals surface area (Å²) < 4.78 is 38.9. The maximum absolute atomic E-state index is 13.1. The Kier molecular flexibility index (Phi) is 7.19. The number of nitrogens with zero attached hydrogens (tertiary/aromatic N) is 1. The van der Waals surface area contributed by atoms with Crippen molar-refractivity contribution in [2.45, 2.75) is 38.0 Å². The van der Waals surface area contributed by atoms with Crippen molar-refractivity contribution in [2.24, 2.45) is 5.73 Å². The zero-order chi connectivity index (χ0) is 25.9. The number of aromatic hydroxyl groups is 1. The van der Waals surface area contributed by atoms with E-state index in [1.54, 1.807) is 11.0 Å². The number of carbonyl (C=O) groups is 2. The van der Waals surface area contributed by atoms with Gasteiger partial charge in [0.1, 0.15) is 5.75 Å². The maximum Gasteiger partial charge on any atom is 0.416 e. The van der Waals surface area contributed by atoms with Gasteiger partial charge in [0.25, 0.3) is 0 Å². The van der Waals surface area contributed by atoms with E-state index in [1.165, 1.54) is 18.2 Å². The van der Waals surface area contributed by atoms with Crippen LogP contribution in [0.3, 0.4) is 0 Å². The summed E-state index contributed by atoms with van der Waals surface area (Å²) in [5.74, 6) is -0.488. The summed E-state index contributed by atoms with van der Waals surface area (Å²) in [5.41, 5.74) is 8.22. The Labute approximate surface area is 206 Å². The van der Waals surface area contributed by atoms with Gasteiger partial charge in [-0.15, -0.1) is 0 Å². The molecule has 6 nitrogen and oxygen atoms in total. The molecule has 188 valence electrons. The second-order valence-electron chi connectivity index (χ2n) is 8.80. The second-order valence-corrected chi connectivity index (χ2v) is 8.80. The van der Waals surface area contributed by atoms with Crippen molar-refractivity contribution in [1.29, 1.82) is 0 Å². The van der Waals surface area contributed by atoms with Crippen LogP contribution in [0.1, 0.15) is 41.1 Å². The summed E-state index contributed by atoms with van der Waals surface area (Å²) in [6.45, 7) is 0.606. The van der Waals surface area contributed by atoms with E-state index < -0.39 is 23.7 Å². The first-order valence-corrected chi connectivity index (χ1v) is 11.5.